The summed E-state index contributed by atoms with van der Waals surface area (Å²) in [5, 5.41) is 0. The molecule has 0 saturated carbocycles. The first-order valence-electron chi connectivity index (χ1n) is 6.90. The van der Waals surface area contributed by atoms with Gasteiger partial charge in [-0.25, -0.2) is 4.39 Å². The van der Waals surface area contributed by atoms with Gasteiger partial charge in [-0.15, -0.1) is 0 Å². The van der Waals surface area contributed by atoms with E-state index >= 15 is 0 Å². The molecule has 0 bridgehead atoms. The molecule has 0 heterocycles. The van der Waals surface area contributed by atoms with E-state index in [9.17, 15) is 4.39 Å². The van der Waals surface area contributed by atoms with Crippen LogP contribution in [-0.2, 0) is 0 Å². The van der Waals surface area contributed by atoms with Crippen LogP contribution >= 0.6 is 0 Å². The van der Waals surface area contributed by atoms with Crippen molar-refractivity contribution in [1.82, 2.24) is 4.90 Å². The molecule has 0 saturated heterocycles. The minimum absolute atomic E-state index is 0.132. The smallest absolute Gasteiger partial charge is 0.146 e. The van der Waals surface area contributed by atoms with Crippen LogP contribution in [0.15, 0.2) is 18.2 Å². The zero-order chi connectivity index (χ0) is 14.4. The maximum Gasteiger partial charge on any atom is 0.146 e. The average molecular weight is 267 g/mol. The van der Waals surface area contributed by atoms with Crippen LogP contribution in [0.5, 0.6) is 0 Å². The van der Waals surface area contributed by atoms with E-state index < -0.39 is 0 Å². The Bertz CT molecular complexity index is 391. The summed E-state index contributed by atoms with van der Waals surface area (Å²) < 4.78 is 14.1. The molecule has 1 rings (SSSR count). The van der Waals surface area contributed by atoms with Crippen LogP contribution in [0.3, 0.4) is 0 Å². The van der Waals surface area contributed by atoms with Crippen LogP contribution in [0, 0.1) is 5.82 Å². The zero-order valence-corrected chi connectivity index (χ0v) is 12.5. The molecule has 0 aromatic heterocycles. The van der Waals surface area contributed by atoms with E-state index in [-0.39, 0.29) is 11.9 Å². The molecular formula is C15H26FN3. The lowest BCUT2D eigenvalue weighted by molar-refractivity contribution is 0.400. The van der Waals surface area contributed by atoms with Crippen molar-refractivity contribution in [3.05, 3.63) is 29.6 Å². The molecule has 0 aliphatic carbocycles. The Morgan fingerprint density at radius 3 is 2.42 bits per heavy atom. The lowest BCUT2D eigenvalue weighted by atomic mass is 10.1. The van der Waals surface area contributed by atoms with E-state index in [4.69, 9.17) is 5.73 Å². The number of rotatable bonds is 7. The summed E-state index contributed by atoms with van der Waals surface area (Å²) in [7, 11) is 4.10. The van der Waals surface area contributed by atoms with Gasteiger partial charge in [0.05, 0.1) is 5.69 Å². The van der Waals surface area contributed by atoms with Gasteiger partial charge in [0.1, 0.15) is 5.82 Å². The molecule has 0 amide bonds. The first kappa shape index (κ1) is 15.9. The van der Waals surface area contributed by atoms with E-state index in [1.165, 1.54) is 0 Å². The molecule has 1 aromatic rings. The highest BCUT2D eigenvalue weighted by atomic mass is 19.1. The predicted octanol–water partition coefficient (Wildman–Crippen LogP) is 2.62. The van der Waals surface area contributed by atoms with E-state index in [0.29, 0.717) is 5.69 Å². The Morgan fingerprint density at radius 2 is 1.95 bits per heavy atom. The summed E-state index contributed by atoms with van der Waals surface area (Å²) in [5.41, 5.74) is 7.28. The van der Waals surface area contributed by atoms with Crippen LogP contribution < -0.4 is 10.6 Å². The molecule has 0 aliphatic rings. The van der Waals surface area contributed by atoms with E-state index in [2.05, 4.69) is 16.7 Å². The number of nitrogens with zero attached hydrogens (tertiary/aromatic N) is 2. The molecule has 3 nitrogen and oxygen atoms in total. The second-order valence-corrected chi connectivity index (χ2v) is 5.24. The van der Waals surface area contributed by atoms with Crippen LogP contribution in [0.2, 0.25) is 0 Å². The van der Waals surface area contributed by atoms with Gasteiger partial charge in [0.15, 0.2) is 0 Å². The Balaban J connectivity index is 2.75. The fourth-order valence-electron chi connectivity index (χ4n) is 2.09. The quantitative estimate of drug-likeness (QED) is 0.824. The maximum absolute atomic E-state index is 14.1. The van der Waals surface area contributed by atoms with Crippen molar-refractivity contribution in [2.75, 3.05) is 38.6 Å². The molecular weight excluding hydrogens is 241 g/mol. The van der Waals surface area contributed by atoms with Crippen molar-refractivity contribution in [3.63, 3.8) is 0 Å². The maximum atomic E-state index is 14.1. The van der Waals surface area contributed by atoms with Crippen molar-refractivity contribution in [2.24, 2.45) is 5.73 Å². The molecule has 0 radical (unpaired) electrons. The van der Waals surface area contributed by atoms with Gasteiger partial charge in [-0.3, -0.25) is 0 Å². The molecule has 19 heavy (non-hydrogen) atoms. The van der Waals surface area contributed by atoms with Gasteiger partial charge in [0.25, 0.3) is 0 Å². The van der Waals surface area contributed by atoms with Crippen molar-refractivity contribution in [2.45, 2.75) is 26.3 Å². The number of nitrogens with two attached hydrogens (primary N) is 1. The standard InChI is InChI=1S/C15H26FN3/c1-5-19(10-6-9-18(3)4)15-8-7-13(12(2)17)11-14(15)16/h7-8,11-12H,5-6,9-10,17H2,1-4H3. The Hall–Kier alpha value is -1.13. The third-order valence-electron chi connectivity index (χ3n) is 3.25. The largest absolute Gasteiger partial charge is 0.369 e. The van der Waals surface area contributed by atoms with Crippen LogP contribution in [0.1, 0.15) is 31.9 Å². The minimum atomic E-state index is -0.179. The normalized spacial score (nSPS) is 12.8. The number of hydrogen-bond donors (Lipinski definition) is 1. The average Bonchev–Trinajstić information content (AvgIpc) is 2.34. The van der Waals surface area contributed by atoms with Crippen LogP contribution in [0.25, 0.3) is 0 Å². The first-order valence-corrected chi connectivity index (χ1v) is 6.90. The van der Waals surface area contributed by atoms with Crippen LogP contribution in [-0.4, -0.2) is 38.6 Å². The zero-order valence-electron chi connectivity index (χ0n) is 12.5. The van der Waals surface area contributed by atoms with Gasteiger partial charge in [0, 0.05) is 19.1 Å². The molecule has 1 aromatic carbocycles. The van der Waals surface area contributed by atoms with E-state index in [0.717, 1.165) is 31.6 Å². The molecule has 0 fully saturated rings. The molecule has 1 unspecified atom stereocenters. The van der Waals surface area contributed by atoms with Crippen LogP contribution in [0.4, 0.5) is 10.1 Å². The Labute approximate surface area is 116 Å². The van der Waals surface area contributed by atoms with Gasteiger partial charge >= 0.3 is 0 Å². The lowest BCUT2D eigenvalue weighted by Gasteiger charge is -2.25. The van der Waals surface area contributed by atoms with Gasteiger partial charge < -0.3 is 15.5 Å². The summed E-state index contributed by atoms with van der Waals surface area (Å²) in [4.78, 5) is 4.22. The number of hydrogen-bond acceptors (Lipinski definition) is 3. The van der Waals surface area contributed by atoms with Crippen molar-refractivity contribution < 1.29 is 4.39 Å². The highest BCUT2D eigenvalue weighted by Gasteiger charge is 2.11. The highest BCUT2D eigenvalue weighted by molar-refractivity contribution is 5.49. The van der Waals surface area contributed by atoms with Gasteiger partial charge in [-0.05, 0) is 58.6 Å². The molecule has 1 atom stereocenters. The fourth-order valence-corrected chi connectivity index (χ4v) is 2.09. The summed E-state index contributed by atoms with van der Waals surface area (Å²) in [5.74, 6) is -0.179. The second kappa shape index (κ2) is 7.46. The molecule has 108 valence electrons. The first-order chi connectivity index (χ1) is 8.95. The lowest BCUT2D eigenvalue weighted by Crippen LogP contribution is -2.27. The third-order valence-corrected chi connectivity index (χ3v) is 3.25. The van der Waals surface area contributed by atoms with Gasteiger partial charge in [-0.2, -0.15) is 0 Å². The SMILES string of the molecule is CCN(CCCN(C)C)c1ccc(C(C)N)cc1F. The molecule has 0 aliphatic heterocycles. The molecule has 0 spiro atoms. The summed E-state index contributed by atoms with van der Waals surface area (Å²) >= 11 is 0. The van der Waals surface area contributed by atoms with E-state index in [1.807, 2.05) is 33.2 Å². The van der Waals surface area contributed by atoms with Crippen molar-refractivity contribution in [3.8, 4) is 0 Å². The topological polar surface area (TPSA) is 32.5 Å². The monoisotopic (exact) mass is 267 g/mol. The highest BCUT2D eigenvalue weighted by Crippen LogP contribution is 2.22. The number of halogens is 1. The Morgan fingerprint density at radius 1 is 1.26 bits per heavy atom. The summed E-state index contributed by atoms with van der Waals surface area (Å²) in [6.07, 6.45) is 1.02. The predicted molar refractivity (Wildman–Crippen MR) is 80.1 cm³/mol. The van der Waals surface area contributed by atoms with Gasteiger partial charge in [0.2, 0.25) is 0 Å². The van der Waals surface area contributed by atoms with Crippen molar-refractivity contribution in [1.29, 1.82) is 0 Å². The molecule has 2 N–H and O–H groups in total. The number of benzene rings is 1. The minimum Gasteiger partial charge on any atom is -0.369 e. The van der Waals surface area contributed by atoms with E-state index in [1.54, 1.807) is 6.07 Å². The second-order valence-electron chi connectivity index (χ2n) is 5.24. The van der Waals surface area contributed by atoms with Crippen molar-refractivity contribution >= 4 is 5.69 Å². The third kappa shape index (κ3) is 4.80. The summed E-state index contributed by atoms with van der Waals surface area (Å²) in [6, 6.07) is 5.17. The number of anilines is 1. The molecule has 4 heteroatoms. The summed E-state index contributed by atoms with van der Waals surface area (Å²) in [6.45, 7) is 6.60. The Kier molecular flexibility index (Phi) is 6.25. The fraction of sp³-hybridized carbons (Fsp3) is 0.600. The van der Waals surface area contributed by atoms with Gasteiger partial charge in [-0.1, -0.05) is 6.07 Å².